The summed E-state index contributed by atoms with van der Waals surface area (Å²) in [5.41, 5.74) is 1.11. The quantitative estimate of drug-likeness (QED) is 0.652. The van der Waals surface area contributed by atoms with Crippen molar-refractivity contribution in [3.05, 3.63) is 60.2 Å². The second kappa shape index (κ2) is 10.4. The zero-order valence-corrected chi connectivity index (χ0v) is 14.8. The summed E-state index contributed by atoms with van der Waals surface area (Å²) >= 11 is 0. The van der Waals surface area contributed by atoms with Crippen LogP contribution in [0.15, 0.2) is 54.6 Å². The van der Waals surface area contributed by atoms with E-state index < -0.39 is 0 Å². The molecule has 2 rings (SSSR count). The van der Waals surface area contributed by atoms with Crippen LogP contribution in [0.1, 0.15) is 24.9 Å². The number of carbonyl (C=O) groups excluding carboxylic acids is 1. The molecule has 0 spiro atoms. The lowest BCUT2D eigenvalue weighted by molar-refractivity contribution is -0.121. The van der Waals surface area contributed by atoms with Crippen LogP contribution in [-0.4, -0.2) is 32.7 Å². The van der Waals surface area contributed by atoms with E-state index in [0.717, 1.165) is 17.1 Å². The minimum Gasteiger partial charge on any atom is -0.497 e. The lowest BCUT2D eigenvalue weighted by Gasteiger charge is -2.14. The average molecular weight is 342 g/mol. The van der Waals surface area contributed by atoms with Gasteiger partial charge in [0, 0.05) is 19.5 Å². The molecule has 25 heavy (non-hydrogen) atoms. The van der Waals surface area contributed by atoms with Crippen LogP contribution in [0.3, 0.4) is 0 Å². The smallest absolute Gasteiger partial charge is 0.221 e. The molecule has 2 aromatic carbocycles. The lowest BCUT2D eigenvalue weighted by atomic mass is 10.1. The Morgan fingerprint density at radius 1 is 1.00 bits per heavy atom. The molecule has 0 aliphatic heterocycles. The molecule has 0 bridgehead atoms. The summed E-state index contributed by atoms with van der Waals surface area (Å²) in [6.07, 6.45) is 0.444. The Balaban J connectivity index is 1.55. The normalized spacial score (nSPS) is 11.6. The number of methoxy groups -OCH3 is 1. The summed E-state index contributed by atoms with van der Waals surface area (Å²) in [4.78, 5) is 11.9. The highest BCUT2D eigenvalue weighted by molar-refractivity contribution is 5.76. The molecule has 0 heterocycles. The van der Waals surface area contributed by atoms with Crippen LogP contribution >= 0.6 is 0 Å². The zero-order valence-electron chi connectivity index (χ0n) is 14.8. The van der Waals surface area contributed by atoms with Gasteiger partial charge in [0.15, 0.2) is 0 Å². The van der Waals surface area contributed by atoms with E-state index in [1.807, 2.05) is 61.5 Å². The number of nitrogens with one attached hydrogen (secondary N) is 2. The van der Waals surface area contributed by atoms with Crippen molar-refractivity contribution in [3.8, 4) is 11.5 Å². The minimum absolute atomic E-state index is 0.0205. The van der Waals surface area contributed by atoms with Crippen LogP contribution in [0.2, 0.25) is 0 Å². The highest BCUT2D eigenvalue weighted by atomic mass is 16.5. The highest BCUT2D eigenvalue weighted by Crippen LogP contribution is 2.16. The number of amides is 1. The second-order valence-corrected chi connectivity index (χ2v) is 5.72. The van der Waals surface area contributed by atoms with Gasteiger partial charge in [-0.3, -0.25) is 4.79 Å². The van der Waals surface area contributed by atoms with Crippen LogP contribution in [0.25, 0.3) is 0 Å². The molecule has 0 fully saturated rings. The number of carbonyl (C=O) groups is 1. The molecule has 1 atom stereocenters. The van der Waals surface area contributed by atoms with Crippen molar-refractivity contribution >= 4 is 5.91 Å². The Kier molecular flexibility index (Phi) is 7.79. The van der Waals surface area contributed by atoms with Crippen molar-refractivity contribution in [3.63, 3.8) is 0 Å². The first-order valence-corrected chi connectivity index (χ1v) is 8.51. The van der Waals surface area contributed by atoms with Gasteiger partial charge in [0.05, 0.1) is 13.2 Å². The monoisotopic (exact) mass is 342 g/mol. The first-order chi connectivity index (χ1) is 12.2. The molecule has 2 N–H and O–H groups in total. The molecule has 0 aliphatic rings. The summed E-state index contributed by atoms with van der Waals surface area (Å²) < 4.78 is 10.7. The Morgan fingerprint density at radius 2 is 1.68 bits per heavy atom. The molecule has 134 valence electrons. The van der Waals surface area contributed by atoms with Gasteiger partial charge in [0.2, 0.25) is 5.91 Å². The maximum absolute atomic E-state index is 11.9. The molecule has 1 amide bonds. The van der Waals surface area contributed by atoms with Crippen LogP contribution in [0, 0.1) is 0 Å². The molecular weight excluding hydrogens is 316 g/mol. The third-order valence-electron chi connectivity index (χ3n) is 3.81. The van der Waals surface area contributed by atoms with E-state index in [-0.39, 0.29) is 11.9 Å². The fourth-order valence-corrected chi connectivity index (χ4v) is 2.38. The van der Waals surface area contributed by atoms with E-state index in [9.17, 15) is 4.79 Å². The van der Waals surface area contributed by atoms with Crippen molar-refractivity contribution in [1.29, 1.82) is 0 Å². The van der Waals surface area contributed by atoms with E-state index in [4.69, 9.17) is 9.47 Å². The van der Waals surface area contributed by atoms with Crippen molar-refractivity contribution in [1.82, 2.24) is 10.6 Å². The minimum atomic E-state index is 0.0205. The van der Waals surface area contributed by atoms with Gasteiger partial charge in [-0.2, -0.15) is 0 Å². The van der Waals surface area contributed by atoms with Crippen LogP contribution in [-0.2, 0) is 4.79 Å². The van der Waals surface area contributed by atoms with Gasteiger partial charge < -0.3 is 20.1 Å². The summed E-state index contributed by atoms with van der Waals surface area (Å²) in [7, 11) is 1.64. The molecule has 0 radical (unpaired) electrons. The largest absolute Gasteiger partial charge is 0.497 e. The molecule has 1 unspecified atom stereocenters. The standard InChI is InChI=1S/C20H26N2O3/c1-16(17-6-4-3-5-7-17)22-20(23)12-13-21-14-15-25-19-10-8-18(24-2)9-11-19/h3-11,16,21H,12-15H2,1-2H3,(H,22,23). The van der Waals surface area contributed by atoms with Gasteiger partial charge in [0.25, 0.3) is 0 Å². The summed E-state index contributed by atoms with van der Waals surface area (Å²) in [6.45, 7) is 3.85. The van der Waals surface area contributed by atoms with Gasteiger partial charge in [-0.1, -0.05) is 30.3 Å². The van der Waals surface area contributed by atoms with Crippen LogP contribution < -0.4 is 20.1 Å². The van der Waals surface area contributed by atoms with E-state index in [1.54, 1.807) is 7.11 Å². The summed E-state index contributed by atoms with van der Waals surface area (Å²) in [5.74, 6) is 1.65. The fourth-order valence-electron chi connectivity index (χ4n) is 2.38. The maximum atomic E-state index is 11.9. The Labute approximate surface area is 149 Å². The van der Waals surface area contributed by atoms with Crippen molar-refractivity contribution in [2.75, 3.05) is 26.8 Å². The molecule has 0 aliphatic carbocycles. The van der Waals surface area contributed by atoms with Crippen molar-refractivity contribution in [2.45, 2.75) is 19.4 Å². The van der Waals surface area contributed by atoms with Gasteiger partial charge in [-0.25, -0.2) is 0 Å². The van der Waals surface area contributed by atoms with Gasteiger partial charge >= 0.3 is 0 Å². The number of benzene rings is 2. The first-order valence-electron chi connectivity index (χ1n) is 8.51. The summed E-state index contributed by atoms with van der Waals surface area (Å²) in [6, 6.07) is 17.4. The van der Waals surface area contributed by atoms with Crippen LogP contribution in [0.4, 0.5) is 0 Å². The predicted molar refractivity (Wildman–Crippen MR) is 99.0 cm³/mol. The molecule has 5 heteroatoms. The first kappa shape index (κ1) is 18.8. The maximum Gasteiger partial charge on any atom is 0.221 e. The number of ether oxygens (including phenoxy) is 2. The highest BCUT2D eigenvalue weighted by Gasteiger charge is 2.08. The zero-order chi connectivity index (χ0) is 17.9. The average Bonchev–Trinajstić information content (AvgIpc) is 2.65. The SMILES string of the molecule is COc1ccc(OCCNCCC(=O)NC(C)c2ccccc2)cc1. The second-order valence-electron chi connectivity index (χ2n) is 5.72. The third-order valence-corrected chi connectivity index (χ3v) is 3.81. The molecule has 0 aromatic heterocycles. The van der Waals surface area contributed by atoms with E-state index in [0.29, 0.717) is 26.1 Å². The van der Waals surface area contributed by atoms with Crippen molar-refractivity contribution < 1.29 is 14.3 Å². The van der Waals surface area contributed by atoms with Crippen molar-refractivity contribution in [2.24, 2.45) is 0 Å². The number of hydrogen-bond acceptors (Lipinski definition) is 4. The topological polar surface area (TPSA) is 59.6 Å². The Morgan fingerprint density at radius 3 is 2.36 bits per heavy atom. The summed E-state index contributed by atoms with van der Waals surface area (Å²) in [5, 5.41) is 6.21. The lowest BCUT2D eigenvalue weighted by Crippen LogP contribution is -2.31. The number of rotatable bonds is 10. The van der Waals surface area contributed by atoms with E-state index in [2.05, 4.69) is 10.6 Å². The Bertz CT molecular complexity index is 629. The number of hydrogen-bond donors (Lipinski definition) is 2. The molecule has 5 nitrogen and oxygen atoms in total. The van der Waals surface area contributed by atoms with E-state index in [1.165, 1.54) is 0 Å². The Hall–Kier alpha value is -2.53. The molecule has 0 saturated heterocycles. The fraction of sp³-hybridized carbons (Fsp3) is 0.350. The predicted octanol–water partition coefficient (Wildman–Crippen LogP) is 2.93. The van der Waals surface area contributed by atoms with Gasteiger partial charge in [-0.05, 0) is 36.8 Å². The van der Waals surface area contributed by atoms with E-state index >= 15 is 0 Å². The van der Waals surface area contributed by atoms with Gasteiger partial charge in [-0.15, -0.1) is 0 Å². The molecular formula is C20H26N2O3. The van der Waals surface area contributed by atoms with Crippen LogP contribution in [0.5, 0.6) is 11.5 Å². The molecule has 0 saturated carbocycles. The molecule has 2 aromatic rings. The third kappa shape index (κ3) is 6.85. The van der Waals surface area contributed by atoms with Gasteiger partial charge in [0.1, 0.15) is 18.1 Å².